The third kappa shape index (κ3) is 4.11. The average molecular weight is 289 g/mol. The molecule has 0 saturated carbocycles. The van der Waals surface area contributed by atoms with Crippen LogP contribution in [0.2, 0.25) is 0 Å². The third-order valence-electron chi connectivity index (χ3n) is 3.66. The number of rotatable bonds is 6. The monoisotopic (exact) mass is 289 g/mol. The summed E-state index contributed by atoms with van der Waals surface area (Å²) in [7, 11) is 0. The van der Waals surface area contributed by atoms with Gasteiger partial charge in [-0.2, -0.15) is 0 Å². The largest absolute Gasteiger partial charge is 0.310 e. The maximum absolute atomic E-state index is 14.0. The molecule has 0 aliphatic rings. The van der Waals surface area contributed by atoms with E-state index in [1.165, 1.54) is 17.7 Å². The van der Waals surface area contributed by atoms with Crippen LogP contribution in [-0.4, -0.2) is 6.54 Å². The van der Waals surface area contributed by atoms with E-state index in [-0.39, 0.29) is 6.04 Å². The first-order valence-corrected chi connectivity index (χ1v) is 7.40. The van der Waals surface area contributed by atoms with Gasteiger partial charge in [0.25, 0.3) is 0 Å². The Bertz CT molecular complexity index is 578. The number of hydrogen-bond acceptors (Lipinski definition) is 1. The lowest BCUT2D eigenvalue weighted by Gasteiger charge is -2.19. The SMILES string of the molecule is CCNC(Cc1ccc(CC)cc1)c1ccc(F)cc1F. The zero-order valence-corrected chi connectivity index (χ0v) is 12.5. The van der Waals surface area contributed by atoms with E-state index in [0.717, 1.165) is 24.6 Å². The molecule has 21 heavy (non-hydrogen) atoms. The van der Waals surface area contributed by atoms with Crippen molar-refractivity contribution in [2.45, 2.75) is 32.7 Å². The van der Waals surface area contributed by atoms with Crippen molar-refractivity contribution in [1.29, 1.82) is 0 Å². The number of nitrogens with one attached hydrogen (secondary N) is 1. The zero-order chi connectivity index (χ0) is 15.2. The van der Waals surface area contributed by atoms with Crippen molar-refractivity contribution < 1.29 is 8.78 Å². The molecule has 1 unspecified atom stereocenters. The van der Waals surface area contributed by atoms with Crippen molar-refractivity contribution in [3.8, 4) is 0 Å². The van der Waals surface area contributed by atoms with Gasteiger partial charge in [0.15, 0.2) is 0 Å². The standard InChI is InChI=1S/C18H21F2N/c1-3-13-5-7-14(8-6-13)11-18(21-4-2)16-10-9-15(19)12-17(16)20/h5-10,12,18,21H,3-4,11H2,1-2H3. The summed E-state index contributed by atoms with van der Waals surface area (Å²) < 4.78 is 27.0. The number of aryl methyl sites for hydroxylation is 1. The molecular formula is C18H21F2N. The van der Waals surface area contributed by atoms with E-state index < -0.39 is 11.6 Å². The van der Waals surface area contributed by atoms with Crippen LogP contribution >= 0.6 is 0 Å². The molecule has 1 atom stereocenters. The lowest BCUT2D eigenvalue weighted by molar-refractivity contribution is 0.502. The Kier molecular flexibility index (Phi) is 5.45. The number of hydrogen-bond donors (Lipinski definition) is 1. The van der Waals surface area contributed by atoms with Crippen molar-refractivity contribution in [2.24, 2.45) is 0 Å². The van der Waals surface area contributed by atoms with Crippen molar-refractivity contribution >= 4 is 0 Å². The van der Waals surface area contributed by atoms with Crippen LogP contribution in [0.4, 0.5) is 8.78 Å². The lowest BCUT2D eigenvalue weighted by Crippen LogP contribution is -2.24. The number of halogens is 2. The Morgan fingerprint density at radius 3 is 2.19 bits per heavy atom. The number of likely N-dealkylation sites (N-methyl/N-ethyl adjacent to an activating group) is 1. The first-order chi connectivity index (χ1) is 10.1. The van der Waals surface area contributed by atoms with Crippen LogP contribution in [0.15, 0.2) is 42.5 Å². The van der Waals surface area contributed by atoms with Crippen LogP contribution in [0, 0.1) is 11.6 Å². The average Bonchev–Trinajstić information content (AvgIpc) is 2.48. The molecule has 0 heterocycles. The van der Waals surface area contributed by atoms with Crippen molar-refractivity contribution in [3.63, 3.8) is 0 Å². The van der Waals surface area contributed by atoms with E-state index in [4.69, 9.17) is 0 Å². The van der Waals surface area contributed by atoms with Crippen LogP contribution in [-0.2, 0) is 12.8 Å². The Labute approximate surface area is 125 Å². The molecule has 0 radical (unpaired) electrons. The van der Waals surface area contributed by atoms with Gasteiger partial charge in [-0.3, -0.25) is 0 Å². The maximum atomic E-state index is 14.0. The van der Waals surface area contributed by atoms with Crippen molar-refractivity contribution in [2.75, 3.05) is 6.54 Å². The smallest absolute Gasteiger partial charge is 0.130 e. The van der Waals surface area contributed by atoms with Gasteiger partial charge in [0.1, 0.15) is 11.6 Å². The molecule has 1 nitrogen and oxygen atoms in total. The minimum atomic E-state index is -0.543. The second kappa shape index (κ2) is 7.32. The molecule has 0 aliphatic carbocycles. The molecule has 1 N–H and O–H groups in total. The van der Waals surface area contributed by atoms with E-state index in [2.05, 4.69) is 36.5 Å². The summed E-state index contributed by atoms with van der Waals surface area (Å²) in [5.41, 5.74) is 2.94. The van der Waals surface area contributed by atoms with E-state index in [1.54, 1.807) is 0 Å². The van der Waals surface area contributed by atoms with E-state index >= 15 is 0 Å². The highest BCUT2D eigenvalue weighted by Gasteiger charge is 2.16. The molecule has 0 aliphatic heterocycles. The fraction of sp³-hybridized carbons (Fsp3) is 0.333. The molecule has 112 valence electrons. The third-order valence-corrected chi connectivity index (χ3v) is 3.66. The van der Waals surface area contributed by atoms with Gasteiger partial charge in [-0.15, -0.1) is 0 Å². The fourth-order valence-electron chi connectivity index (χ4n) is 2.47. The summed E-state index contributed by atoms with van der Waals surface area (Å²) in [4.78, 5) is 0. The summed E-state index contributed by atoms with van der Waals surface area (Å²) in [6.07, 6.45) is 1.68. The Balaban J connectivity index is 2.21. The van der Waals surface area contributed by atoms with E-state index in [1.807, 2.05) is 6.92 Å². The summed E-state index contributed by atoms with van der Waals surface area (Å²) in [6.45, 7) is 4.83. The Hall–Kier alpha value is -1.74. The molecule has 0 fully saturated rings. The van der Waals surface area contributed by atoms with E-state index in [9.17, 15) is 8.78 Å². The molecule has 2 aromatic carbocycles. The normalized spacial score (nSPS) is 12.4. The molecule has 0 amide bonds. The fourth-order valence-corrected chi connectivity index (χ4v) is 2.47. The Morgan fingerprint density at radius 2 is 1.62 bits per heavy atom. The van der Waals surface area contributed by atoms with Crippen molar-refractivity contribution in [1.82, 2.24) is 5.32 Å². The minimum absolute atomic E-state index is 0.150. The van der Waals surface area contributed by atoms with Crippen LogP contribution in [0.5, 0.6) is 0 Å². The van der Waals surface area contributed by atoms with Gasteiger partial charge < -0.3 is 5.32 Å². The zero-order valence-electron chi connectivity index (χ0n) is 12.5. The highest BCUT2D eigenvalue weighted by atomic mass is 19.1. The molecular weight excluding hydrogens is 268 g/mol. The first kappa shape index (κ1) is 15.6. The molecule has 0 saturated heterocycles. The minimum Gasteiger partial charge on any atom is -0.310 e. The molecule has 0 aromatic heterocycles. The maximum Gasteiger partial charge on any atom is 0.130 e. The predicted molar refractivity (Wildman–Crippen MR) is 82.3 cm³/mol. The summed E-state index contributed by atoms with van der Waals surface area (Å²) in [6, 6.07) is 12.0. The van der Waals surface area contributed by atoms with Crippen molar-refractivity contribution in [3.05, 3.63) is 70.8 Å². The highest BCUT2D eigenvalue weighted by Crippen LogP contribution is 2.22. The second-order valence-electron chi connectivity index (χ2n) is 5.15. The van der Waals surface area contributed by atoms with Crippen LogP contribution in [0.1, 0.15) is 36.6 Å². The van der Waals surface area contributed by atoms with Crippen LogP contribution in [0.3, 0.4) is 0 Å². The van der Waals surface area contributed by atoms with Gasteiger partial charge in [-0.25, -0.2) is 8.78 Å². The summed E-state index contributed by atoms with van der Waals surface area (Å²) >= 11 is 0. The Morgan fingerprint density at radius 1 is 0.952 bits per heavy atom. The van der Waals surface area contributed by atoms with Gasteiger partial charge in [0.2, 0.25) is 0 Å². The first-order valence-electron chi connectivity index (χ1n) is 7.40. The predicted octanol–water partition coefficient (Wildman–Crippen LogP) is 4.42. The van der Waals surface area contributed by atoms with E-state index in [0.29, 0.717) is 12.0 Å². The van der Waals surface area contributed by atoms with Gasteiger partial charge in [0, 0.05) is 17.7 Å². The van der Waals surface area contributed by atoms with Gasteiger partial charge >= 0.3 is 0 Å². The topological polar surface area (TPSA) is 12.0 Å². The van der Waals surface area contributed by atoms with Crippen LogP contribution in [0.25, 0.3) is 0 Å². The molecule has 0 bridgehead atoms. The summed E-state index contributed by atoms with van der Waals surface area (Å²) in [5, 5.41) is 3.27. The van der Waals surface area contributed by atoms with Gasteiger partial charge in [-0.05, 0) is 36.6 Å². The molecule has 2 rings (SSSR count). The van der Waals surface area contributed by atoms with Gasteiger partial charge in [-0.1, -0.05) is 44.2 Å². The quantitative estimate of drug-likeness (QED) is 0.830. The lowest BCUT2D eigenvalue weighted by atomic mass is 9.97. The van der Waals surface area contributed by atoms with Gasteiger partial charge in [0.05, 0.1) is 0 Å². The molecule has 3 heteroatoms. The highest BCUT2D eigenvalue weighted by molar-refractivity contribution is 5.27. The van der Waals surface area contributed by atoms with Crippen LogP contribution < -0.4 is 5.32 Å². The number of benzene rings is 2. The summed E-state index contributed by atoms with van der Waals surface area (Å²) in [5.74, 6) is -1.04. The molecule has 2 aromatic rings. The molecule has 0 spiro atoms. The second-order valence-corrected chi connectivity index (χ2v) is 5.15.